The van der Waals surface area contributed by atoms with Gasteiger partial charge in [-0.05, 0) is 51.0 Å². The molecule has 0 aromatic carbocycles. The molecule has 5 heteroatoms. The van der Waals surface area contributed by atoms with Crippen LogP contribution in [0.4, 0.5) is 0 Å². The fourth-order valence-corrected chi connectivity index (χ4v) is 4.24. The van der Waals surface area contributed by atoms with E-state index >= 15 is 0 Å². The molecule has 0 N–H and O–H groups in total. The summed E-state index contributed by atoms with van der Waals surface area (Å²) in [5, 5.41) is 0. The first-order valence-corrected chi connectivity index (χ1v) is 9.25. The molecule has 0 aromatic heterocycles. The minimum atomic E-state index is 0.148. The van der Waals surface area contributed by atoms with E-state index in [0.717, 1.165) is 58.2 Å². The molecule has 132 valence electrons. The van der Waals surface area contributed by atoms with E-state index in [9.17, 15) is 4.79 Å². The number of piperidine rings is 1. The average Bonchev–Trinajstić information content (AvgIpc) is 3.31. The van der Waals surface area contributed by atoms with E-state index in [-0.39, 0.29) is 12.5 Å². The van der Waals surface area contributed by atoms with Crippen molar-refractivity contribution in [3.05, 3.63) is 0 Å². The maximum absolute atomic E-state index is 12.1. The molecule has 1 saturated carbocycles. The van der Waals surface area contributed by atoms with E-state index in [0.29, 0.717) is 17.9 Å². The fourth-order valence-electron chi connectivity index (χ4n) is 4.24. The Morgan fingerprint density at radius 1 is 1.17 bits per heavy atom. The van der Waals surface area contributed by atoms with Crippen LogP contribution in [0.2, 0.25) is 0 Å². The van der Waals surface area contributed by atoms with E-state index in [1.54, 1.807) is 0 Å². The molecule has 0 aromatic rings. The summed E-state index contributed by atoms with van der Waals surface area (Å²) in [4.78, 5) is 16.6. The Labute approximate surface area is 140 Å². The van der Waals surface area contributed by atoms with Crippen LogP contribution in [0.15, 0.2) is 0 Å². The second-order valence-electron chi connectivity index (χ2n) is 7.75. The largest absolute Gasteiger partial charge is 0.381 e. The monoisotopic (exact) mass is 324 g/mol. The van der Waals surface area contributed by atoms with Gasteiger partial charge in [-0.1, -0.05) is 0 Å². The van der Waals surface area contributed by atoms with Gasteiger partial charge in [-0.3, -0.25) is 4.79 Å². The molecule has 3 aliphatic rings. The van der Waals surface area contributed by atoms with E-state index in [4.69, 9.17) is 9.47 Å². The summed E-state index contributed by atoms with van der Waals surface area (Å²) < 4.78 is 11.3. The number of likely N-dealkylation sites (tertiary alicyclic amines) is 2. The molecule has 2 aliphatic heterocycles. The maximum Gasteiger partial charge on any atom is 0.248 e. The molecule has 3 fully saturated rings. The first-order chi connectivity index (χ1) is 11.1. The molecule has 5 nitrogen and oxygen atoms in total. The van der Waals surface area contributed by atoms with Gasteiger partial charge in [0.2, 0.25) is 5.91 Å². The van der Waals surface area contributed by atoms with Crippen LogP contribution in [0.25, 0.3) is 0 Å². The van der Waals surface area contributed by atoms with E-state index < -0.39 is 0 Å². The first-order valence-electron chi connectivity index (χ1n) is 9.25. The highest BCUT2D eigenvalue weighted by Crippen LogP contribution is 2.44. The lowest BCUT2D eigenvalue weighted by molar-refractivity contribution is -0.138. The third-order valence-corrected chi connectivity index (χ3v) is 5.89. The zero-order valence-corrected chi connectivity index (χ0v) is 14.8. The second-order valence-corrected chi connectivity index (χ2v) is 7.75. The molecular formula is C18H32N2O3. The first kappa shape index (κ1) is 17.2. The fraction of sp³-hybridized carbons (Fsp3) is 0.944. The van der Waals surface area contributed by atoms with Gasteiger partial charge in [0.05, 0.1) is 6.61 Å². The Bertz CT molecular complexity index is 403. The maximum atomic E-state index is 12.1. The van der Waals surface area contributed by atoms with Gasteiger partial charge in [0.1, 0.15) is 6.61 Å². The number of hydrogen-bond donors (Lipinski definition) is 0. The number of nitrogens with zero attached hydrogens (tertiary/aromatic N) is 2. The molecule has 0 unspecified atom stereocenters. The van der Waals surface area contributed by atoms with E-state index in [2.05, 4.69) is 11.9 Å². The van der Waals surface area contributed by atoms with Gasteiger partial charge >= 0.3 is 0 Å². The number of rotatable bonds is 7. The molecule has 0 radical (unpaired) electrons. The normalized spacial score (nSPS) is 27.7. The Morgan fingerprint density at radius 2 is 1.91 bits per heavy atom. The van der Waals surface area contributed by atoms with Gasteiger partial charge < -0.3 is 19.3 Å². The van der Waals surface area contributed by atoms with Crippen LogP contribution in [0.5, 0.6) is 0 Å². The van der Waals surface area contributed by atoms with Gasteiger partial charge in [-0.15, -0.1) is 0 Å². The van der Waals surface area contributed by atoms with Crippen molar-refractivity contribution in [2.24, 2.45) is 17.3 Å². The van der Waals surface area contributed by atoms with Crippen molar-refractivity contribution in [1.82, 2.24) is 9.80 Å². The molecule has 2 heterocycles. The lowest BCUT2D eigenvalue weighted by Gasteiger charge is -2.42. The Hall–Kier alpha value is -0.650. The molecule has 1 atom stereocenters. The Morgan fingerprint density at radius 3 is 2.57 bits per heavy atom. The van der Waals surface area contributed by atoms with Gasteiger partial charge in [-0.2, -0.15) is 0 Å². The van der Waals surface area contributed by atoms with Crippen molar-refractivity contribution in [2.75, 3.05) is 59.7 Å². The van der Waals surface area contributed by atoms with Crippen molar-refractivity contribution >= 4 is 5.91 Å². The highest BCUT2D eigenvalue weighted by Gasteiger charge is 2.47. The summed E-state index contributed by atoms with van der Waals surface area (Å²) in [5.74, 6) is 1.60. The van der Waals surface area contributed by atoms with Crippen LogP contribution in [-0.2, 0) is 14.3 Å². The summed E-state index contributed by atoms with van der Waals surface area (Å²) in [7, 11) is 2.22. The number of carbonyl (C=O) groups excluding carboxylic acids is 1. The molecule has 1 aliphatic carbocycles. The molecule has 23 heavy (non-hydrogen) atoms. The van der Waals surface area contributed by atoms with E-state index in [1.165, 1.54) is 12.8 Å². The summed E-state index contributed by atoms with van der Waals surface area (Å²) in [6, 6.07) is 0. The summed E-state index contributed by atoms with van der Waals surface area (Å²) >= 11 is 0. The molecule has 1 spiro atoms. The lowest BCUT2D eigenvalue weighted by Crippen LogP contribution is -2.48. The second kappa shape index (κ2) is 7.49. The zero-order valence-electron chi connectivity index (χ0n) is 14.8. The van der Waals surface area contributed by atoms with Crippen molar-refractivity contribution in [1.29, 1.82) is 0 Å². The Kier molecular flexibility index (Phi) is 5.60. The average molecular weight is 324 g/mol. The van der Waals surface area contributed by atoms with Gasteiger partial charge in [0, 0.05) is 45.3 Å². The number of carbonyl (C=O) groups is 1. The summed E-state index contributed by atoms with van der Waals surface area (Å²) in [6.45, 7) is 8.65. The van der Waals surface area contributed by atoms with Crippen molar-refractivity contribution in [2.45, 2.75) is 32.6 Å². The lowest BCUT2D eigenvalue weighted by atomic mass is 9.71. The zero-order chi connectivity index (χ0) is 16.3. The van der Waals surface area contributed by atoms with Crippen molar-refractivity contribution in [3.63, 3.8) is 0 Å². The Balaban J connectivity index is 1.50. The quantitative estimate of drug-likeness (QED) is 0.714. The number of hydrogen-bond acceptors (Lipinski definition) is 4. The minimum absolute atomic E-state index is 0.148. The summed E-state index contributed by atoms with van der Waals surface area (Å²) in [6.07, 6.45) is 4.92. The van der Waals surface area contributed by atoms with Crippen molar-refractivity contribution < 1.29 is 14.3 Å². The summed E-state index contributed by atoms with van der Waals surface area (Å²) in [5.41, 5.74) is 0.348. The minimum Gasteiger partial charge on any atom is -0.381 e. The highest BCUT2D eigenvalue weighted by atomic mass is 16.5. The predicted octanol–water partition coefficient (Wildman–Crippen LogP) is 1.62. The van der Waals surface area contributed by atoms with Gasteiger partial charge in [0.25, 0.3) is 0 Å². The van der Waals surface area contributed by atoms with Crippen LogP contribution < -0.4 is 0 Å². The van der Waals surface area contributed by atoms with E-state index in [1.807, 2.05) is 11.8 Å². The third-order valence-electron chi connectivity index (χ3n) is 5.89. The van der Waals surface area contributed by atoms with Crippen LogP contribution in [0.3, 0.4) is 0 Å². The molecule has 0 bridgehead atoms. The van der Waals surface area contributed by atoms with Gasteiger partial charge in [0.15, 0.2) is 0 Å². The molecular weight excluding hydrogens is 292 g/mol. The van der Waals surface area contributed by atoms with Crippen LogP contribution in [-0.4, -0.2) is 75.4 Å². The van der Waals surface area contributed by atoms with Crippen LogP contribution in [0, 0.1) is 17.3 Å². The topological polar surface area (TPSA) is 42.0 Å². The van der Waals surface area contributed by atoms with Crippen molar-refractivity contribution in [3.8, 4) is 0 Å². The number of ether oxygens (including phenoxy) is 2. The predicted molar refractivity (Wildman–Crippen MR) is 89.3 cm³/mol. The molecule has 3 rings (SSSR count). The molecule has 1 amide bonds. The van der Waals surface area contributed by atoms with Gasteiger partial charge in [-0.25, -0.2) is 0 Å². The third kappa shape index (κ3) is 4.25. The SMILES string of the molecule is CCOCC(=O)N1CCC2(CC1)CN(C)C[C@H]2COCC1CC1. The van der Waals surface area contributed by atoms with Crippen LogP contribution in [0.1, 0.15) is 32.6 Å². The van der Waals surface area contributed by atoms with Crippen LogP contribution >= 0.6 is 0 Å². The highest BCUT2D eigenvalue weighted by molar-refractivity contribution is 5.77. The standard InChI is InChI=1S/C18H32N2O3/c1-3-22-13-17(21)20-8-6-18(7-9-20)14-19(2)10-16(18)12-23-11-15-4-5-15/h15-16H,3-14H2,1-2H3/t16-/m0/s1. The number of amides is 1. The molecule has 2 saturated heterocycles. The smallest absolute Gasteiger partial charge is 0.248 e.